The van der Waals surface area contributed by atoms with Crippen LogP contribution in [-0.4, -0.2) is 23.6 Å². The molecule has 0 spiro atoms. The van der Waals surface area contributed by atoms with Gasteiger partial charge in [0.2, 0.25) is 5.91 Å². The molecule has 1 amide bonds. The number of hydrogen-bond acceptors (Lipinski definition) is 2. The SMILES string of the molecule is COc1ccc2c(c1)c(CCNC(C)=O)c(Cl)n2Cl. The highest BCUT2D eigenvalue weighted by atomic mass is 35.5. The van der Waals surface area contributed by atoms with Gasteiger partial charge in [0, 0.05) is 36.2 Å². The van der Waals surface area contributed by atoms with Crippen LogP contribution in [0.3, 0.4) is 0 Å². The molecule has 102 valence electrons. The molecule has 1 aromatic carbocycles. The highest BCUT2D eigenvalue weighted by molar-refractivity contribution is 6.36. The summed E-state index contributed by atoms with van der Waals surface area (Å²) in [4.78, 5) is 10.9. The molecule has 1 aromatic heterocycles. The number of aromatic nitrogens is 1. The Labute approximate surface area is 121 Å². The van der Waals surface area contributed by atoms with Crippen molar-refractivity contribution < 1.29 is 9.53 Å². The van der Waals surface area contributed by atoms with Crippen molar-refractivity contribution in [1.29, 1.82) is 0 Å². The second kappa shape index (κ2) is 5.72. The molecular formula is C13H14Cl2N2O2. The summed E-state index contributed by atoms with van der Waals surface area (Å²) in [7, 11) is 1.61. The van der Waals surface area contributed by atoms with Gasteiger partial charge in [-0.05, 0) is 24.6 Å². The van der Waals surface area contributed by atoms with E-state index in [-0.39, 0.29) is 5.91 Å². The number of nitrogens with one attached hydrogen (secondary N) is 1. The van der Waals surface area contributed by atoms with Crippen molar-refractivity contribution in [2.75, 3.05) is 13.7 Å². The van der Waals surface area contributed by atoms with Gasteiger partial charge in [-0.25, -0.2) is 4.09 Å². The molecule has 0 saturated carbocycles. The number of carbonyl (C=O) groups excluding carboxylic acids is 1. The fourth-order valence-corrected chi connectivity index (χ4v) is 2.53. The number of methoxy groups -OCH3 is 1. The van der Waals surface area contributed by atoms with E-state index >= 15 is 0 Å². The number of benzene rings is 1. The van der Waals surface area contributed by atoms with E-state index in [0.717, 1.165) is 22.2 Å². The zero-order chi connectivity index (χ0) is 14.0. The maximum Gasteiger partial charge on any atom is 0.216 e. The number of fused-ring (bicyclic) bond motifs is 1. The van der Waals surface area contributed by atoms with Crippen LogP contribution in [0.15, 0.2) is 18.2 Å². The summed E-state index contributed by atoms with van der Waals surface area (Å²) >= 11 is 12.4. The van der Waals surface area contributed by atoms with Crippen LogP contribution in [0.5, 0.6) is 5.75 Å². The second-order valence-electron chi connectivity index (χ2n) is 4.17. The molecule has 0 saturated heterocycles. The van der Waals surface area contributed by atoms with Crippen molar-refractivity contribution in [3.8, 4) is 5.75 Å². The second-order valence-corrected chi connectivity index (χ2v) is 4.86. The summed E-state index contributed by atoms with van der Waals surface area (Å²) in [6, 6.07) is 5.58. The van der Waals surface area contributed by atoms with E-state index in [1.807, 2.05) is 18.2 Å². The molecule has 0 aliphatic rings. The first-order chi connectivity index (χ1) is 9.04. The number of nitrogens with zero attached hydrogens (tertiary/aromatic N) is 1. The third-order valence-corrected chi connectivity index (χ3v) is 3.75. The van der Waals surface area contributed by atoms with Gasteiger partial charge in [-0.2, -0.15) is 0 Å². The van der Waals surface area contributed by atoms with Crippen LogP contribution in [0, 0.1) is 0 Å². The lowest BCUT2D eigenvalue weighted by molar-refractivity contribution is -0.118. The summed E-state index contributed by atoms with van der Waals surface area (Å²) in [5.74, 6) is 0.676. The van der Waals surface area contributed by atoms with E-state index in [1.165, 1.54) is 11.0 Å². The predicted molar refractivity (Wildman–Crippen MR) is 77.1 cm³/mol. The summed E-state index contributed by atoms with van der Waals surface area (Å²) in [5, 5.41) is 4.15. The maximum absolute atomic E-state index is 10.9. The van der Waals surface area contributed by atoms with Gasteiger partial charge < -0.3 is 10.1 Å². The van der Waals surface area contributed by atoms with E-state index in [2.05, 4.69) is 5.32 Å². The Bertz CT molecular complexity index is 623. The standard InChI is InChI=1S/C13H14Cl2N2O2/c1-8(18)16-6-5-10-11-7-9(19-2)3-4-12(11)17(15)13(10)14/h3-4,7H,5-6H2,1-2H3,(H,16,18). The van der Waals surface area contributed by atoms with E-state index in [1.54, 1.807) is 7.11 Å². The molecule has 0 fully saturated rings. The van der Waals surface area contributed by atoms with Crippen molar-refractivity contribution in [3.63, 3.8) is 0 Å². The molecule has 19 heavy (non-hydrogen) atoms. The molecule has 0 bridgehead atoms. The topological polar surface area (TPSA) is 43.3 Å². The van der Waals surface area contributed by atoms with Gasteiger partial charge in [0.15, 0.2) is 0 Å². The first-order valence-corrected chi connectivity index (χ1v) is 6.53. The molecule has 0 aliphatic carbocycles. The molecule has 0 atom stereocenters. The van der Waals surface area contributed by atoms with Crippen molar-refractivity contribution in [1.82, 2.24) is 9.40 Å². The predicted octanol–water partition coefficient (Wildman–Crippen LogP) is 2.98. The minimum Gasteiger partial charge on any atom is -0.497 e. The maximum atomic E-state index is 10.9. The van der Waals surface area contributed by atoms with Crippen molar-refractivity contribution in [3.05, 3.63) is 28.9 Å². The Morgan fingerprint density at radius 3 is 2.84 bits per heavy atom. The lowest BCUT2D eigenvalue weighted by Gasteiger charge is -2.03. The van der Waals surface area contributed by atoms with Gasteiger partial charge in [-0.15, -0.1) is 0 Å². The van der Waals surface area contributed by atoms with Crippen LogP contribution in [0.25, 0.3) is 10.9 Å². The zero-order valence-corrected chi connectivity index (χ0v) is 12.2. The van der Waals surface area contributed by atoms with E-state index in [4.69, 9.17) is 28.1 Å². The third kappa shape index (κ3) is 2.80. The summed E-state index contributed by atoms with van der Waals surface area (Å²) in [6.07, 6.45) is 0.613. The lowest BCUT2D eigenvalue weighted by atomic mass is 10.1. The van der Waals surface area contributed by atoms with Crippen LogP contribution in [0.1, 0.15) is 12.5 Å². The third-order valence-electron chi connectivity index (χ3n) is 2.91. The molecule has 0 aliphatic heterocycles. The van der Waals surface area contributed by atoms with Gasteiger partial charge in [0.05, 0.1) is 12.6 Å². The summed E-state index contributed by atoms with van der Waals surface area (Å²) < 4.78 is 6.62. The highest BCUT2D eigenvalue weighted by Gasteiger charge is 2.15. The van der Waals surface area contributed by atoms with Gasteiger partial charge in [0.1, 0.15) is 10.9 Å². The fourth-order valence-electron chi connectivity index (χ4n) is 1.99. The number of hydrogen-bond donors (Lipinski definition) is 1. The normalized spacial score (nSPS) is 10.7. The molecule has 1 N–H and O–H groups in total. The quantitative estimate of drug-likeness (QED) is 0.943. The minimum absolute atomic E-state index is 0.0664. The van der Waals surface area contributed by atoms with Gasteiger partial charge in [-0.1, -0.05) is 11.6 Å². The van der Waals surface area contributed by atoms with Gasteiger partial charge in [-0.3, -0.25) is 4.79 Å². The first-order valence-electron chi connectivity index (χ1n) is 5.82. The van der Waals surface area contributed by atoms with E-state index in [0.29, 0.717) is 18.1 Å². The lowest BCUT2D eigenvalue weighted by Crippen LogP contribution is -2.22. The Kier molecular flexibility index (Phi) is 4.22. The van der Waals surface area contributed by atoms with Gasteiger partial charge in [0.25, 0.3) is 0 Å². The Balaban J connectivity index is 2.40. The number of carbonyl (C=O) groups is 1. The molecule has 2 aromatic rings. The molecule has 4 nitrogen and oxygen atoms in total. The smallest absolute Gasteiger partial charge is 0.216 e. The van der Waals surface area contributed by atoms with Gasteiger partial charge >= 0.3 is 0 Å². The molecule has 1 heterocycles. The number of halogens is 2. The number of amides is 1. The van der Waals surface area contributed by atoms with Crippen LogP contribution in [0.4, 0.5) is 0 Å². The largest absolute Gasteiger partial charge is 0.497 e. The van der Waals surface area contributed by atoms with Crippen molar-refractivity contribution >= 4 is 40.2 Å². The highest BCUT2D eigenvalue weighted by Crippen LogP contribution is 2.33. The Morgan fingerprint density at radius 2 is 2.21 bits per heavy atom. The Morgan fingerprint density at radius 1 is 1.47 bits per heavy atom. The molecular weight excluding hydrogens is 287 g/mol. The van der Waals surface area contributed by atoms with E-state index < -0.39 is 0 Å². The zero-order valence-electron chi connectivity index (χ0n) is 10.7. The van der Waals surface area contributed by atoms with Crippen molar-refractivity contribution in [2.45, 2.75) is 13.3 Å². The van der Waals surface area contributed by atoms with Crippen molar-refractivity contribution in [2.24, 2.45) is 0 Å². The Hall–Kier alpha value is -1.39. The summed E-state index contributed by atoms with van der Waals surface area (Å²) in [5.41, 5.74) is 1.73. The number of rotatable bonds is 4. The number of ether oxygens (including phenoxy) is 1. The fraction of sp³-hybridized carbons (Fsp3) is 0.308. The average molecular weight is 301 g/mol. The monoisotopic (exact) mass is 300 g/mol. The average Bonchev–Trinajstić information content (AvgIpc) is 2.63. The van der Waals surface area contributed by atoms with Crippen LogP contribution < -0.4 is 10.1 Å². The van der Waals surface area contributed by atoms with Crippen LogP contribution in [0.2, 0.25) is 5.15 Å². The molecule has 2 rings (SSSR count). The molecule has 0 unspecified atom stereocenters. The molecule has 6 heteroatoms. The first kappa shape index (κ1) is 14.0. The van der Waals surface area contributed by atoms with Crippen LogP contribution in [-0.2, 0) is 11.2 Å². The van der Waals surface area contributed by atoms with E-state index in [9.17, 15) is 4.79 Å². The molecule has 0 radical (unpaired) electrons. The minimum atomic E-state index is -0.0664. The summed E-state index contributed by atoms with van der Waals surface area (Å²) in [6.45, 7) is 2.00. The van der Waals surface area contributed by atoms with Crippen LogP contribution >= 0.6 is 23.4 Å².